The summed E-state index contributed by atoms with van der Waals surface area (Å²) in [6.07, 6.45) is 4.15. The largest absolute Gasteiger partial charge is 0.467 e. The van der Waals surface area contributed by atoms with Crippen molar-refractivity contribution in [2.75, 3.05) is 13.7 Å². The molecular formula is C50H49N5O7. The molecule has 4 N–H and O–H groups in total. The van der Waals surface area contributed by atoms with Crippen molar-refractivity contribution < 1.29 is 33.5 Å². The van der Waals surface area contributed by atoms with E-state index in [1.165, 1.54) is 13.2 Å². The van der Waals surface area contributed by atoms with Crippen LogP contribution in [0.3, 0.4) is 0 Å². The predicted molar refractivity (Wildman–Crippen MR) is 234 cm³/mol. The number of esters is 1. The predicted octanol–water partition coefficient (Wildman–Crippen LogP) is 5.42. The van der Waals surface area contributed by atoms with Crippen LogP contribution in [0.1, 0.15) is 69.5 Å². The van der Waals surface area contributed by atoms with Crippen molar-refractivity contribution in [1.82, 2.24) is 26.2 Å². The Bertz CT molecular complexity index is 2410. The Labute approximate surface area is 360 Å². The minimum atomic E-state index is -1.28. The Kier molecular flexibility index (Phi) is 14.0. The summed E-state index contributed by atoms with van der Waals surface area (Å²) in [5.74, 6) is -3.26. The number of ether oxygens (including phenoxy) is 1. The summed E-state index contributed by atoms with van der Waals surface area (Å²) in [7, 11) is 1.24. The number of hydrogen-bond acceptors (Lipinski definition) is 7. The van der Waals surface area contributed by atoms with Crippen LogP contribution < -0.4 is 21.3 Å². The molecule has 5 aromatic rings. The molecule has 0 spiro atoms. The molecule has 0 bridgehead atoms. The number of benzene rings is 5. The van der Waals surface area contributed by atoms with Crippen molar-refractivity contribution in [3.63, 3.8) is 0 Å². The minimum Gasteiger partial charge on any atom is -0.467 e. The first-order valence-corrected chi connectivity index (χ1v) is 20.8. The SMILES string of the molecule is COC(=O)[C@H](Cc1ccccc1)NC(=O)[C@H](NC(=O)[C@H](Cc1ccccc1)NC(=O)[C@H](NC(=O)/C=C1/c2ccccc2C(=O)N2CCCC[C@@H]12)c1ccccc1)c1ccccc1. The van der Waals surface area contributed by atoms with Crippen molar-refractivity contribution >= 4 is 41.1 Å². The lowest BCUT2D eigenvalue weighted by Crippen LogP contribution is -2.54. The highest BCUT2D eigenvalue weighted by atomic mass is 16.5. The molecule has 0 saturated carbocycles. The average molecular weight is 832 g/mol. The second-order valence-corrected chi connectivity index (χ2v) is 15.4. The third-order valence-electron chi connectivity index (χ3n) is 11.2. The van der Waals surface area contributed by atoms with Crippen LogP contribution in [0.25, 0.3) is 5.57 Å². The zero-order chi connectivity index (χ0) is 43.4. The van der Waals surface area contributed by atoms with Gasteiger partial charge in [-0.2, -0.15) is 0 Å². The van der Waals surface area contributed by atoms with Crippen molar-refractivity contribution in [3.05, 3.63) is 185 Å². The van der Waals surface area contributed by atoms with Gasteiger partial charge in [-0.05, 0) is 58.7 Å². The van der Waals surface area contributed by atoms with Gasteiger partial charge in [-0.15, -0.1) is 0 Å². The third kappa shape index (κ3) is 10.3. The summed E-state index contributed by atoms with van der Waals surface area (Å²) < 4.78 is 5.03. The smallest absolute Gasteiger partial charge is 0.328 e. The summed E-state index contributed by atoms with van der Waals surface area (Å²) in [6.45, 7) is 0.586. The molecule has 2 aliphatic heterocycles. The third-order valence-corrected chi connectivity index (χ3v) is 11.2. The Hall–Kier alpha value is -7.34. The Balaban J connectivity index is 1.16. The highest BCUT2D eigenvalue weighted by Crippen LogP contribution is 2.37. The van der Waals surface area contributed by atoms with Gasteiger partial charge in [0, 0.05) is 31.0 Å². The lowest BCUT2D eigenvalue weighted by Gasteiger charge is -2.41. The fraction of sp³-hybridized carbons (Fsp3) is 0.240. The van der Waals surface area contributed by atoms with E-state index in [2.05, 4.69) is 21.3 Å². The van der Waals surface area contributed by atoms with E-state index in [1.807, 2.05) is 77.7 Å². The number of nitrogens with one attached hydrogen (secondary N) is 4. The second kappa shape index (κ2) is 20.3. The topological polar surface area (TPSA) is 163 Å². The molecule has 1 fully saturated rings. The van der Waals surface area contributed by atoms with Gasteiger partial charge in [0.15, 0.2) is 0 Å². The monoisotopic (exact) mass is 831 g/mol. The van der Waals surface area contributed by atoms with Gasteiger partial charge in [0.1, 0.15) is 24.2 Å². The van der Waals surface area contributed by atoms with Crippen LogP contribution in [0, 0.1) is 0 Å². The van der Waals surface area contributed by atoms with E-state index in [9.17, 15) is 28.8 Å². The van der Waals surface area contributed by atoms with Crippen LogP contribution in [-0.4, -0.2) is 72.2 Å². The number of amides is 5. The van der Waals surface area contributed by atoms with E-state index in [0.717, 1.165) is 24.0 Å². The molecule has 12 heteroatoms. The van der Waals surface area contributed by atoms with Gasteiger partial charge in [0.05, 0.1) is 13.2 Å². The standard InChI is InChI=1S/C50H49N5O7/c1-62-50(61)41(31-34-20-8-3-9-21-34)52-48(59)45(36-24-12-5-13-25-36)54-46(57)40(30-33-18-6-2-7-19-33)51-47(58)44(35-22-10-4-11-23-35)53-43(56)32-39-37-26-14-15-27-38(37)49(60)55-29-17-16-28-42(39)55/h2-15,18-27,32,40-42,44-45H,16-17,28-31H2,1H3,(H,51,58)(H,52,59)(H,53,56)(H,54,57)/b39-32-/t40-,41-,42-,44+,45+/m0/s1. The molecule has 5 atom stereocenters. The molecular weight excluding hydrogens is 783 g/mol. The first-order valence-electron chi connectivity index (χ1n) is 20.8. The molecule has 5 amide bonds. The quantitative estimate of drug-likeness (QED) is 0.0809. The molecule has 2 heterocycles. The van der Waals surface area contributed by atoms with E-state index >= 15 is 0 Å². The number of methoxy groups -OCH3 is 1. The Morgan fingerprint density at radius 2 is 1.08 bits per heavy atom. The molecule has 12 nitrogen and oxygen atoms in total. The molecule has 1 saturated heterocycles. The lowest BCUT2D eigenvalue weighted by molar-refractivity contribution is -0.145. The molecule has 5 aromatic carbocycles. The van der Waals surface area contributed by atoms with Crippen LogP contribution in [0.4, 0.5) is 0 Å². The number of fused-ring (bicyclic) bond motifs is 2. The molecule has 2 aliphatic rings. The number of piperidine rings is 1. The molecule has 316 valence electrons. The van der Waals surface area contributed by atoms with Crippen LogP contribution in [0.15, 0.2) is 152 Å². The van der Waals surface area contributed by atoms with Gasteiger partial charge in [0.2, 0.25) is 23.6 Å². The summed E-state index contributed by atoms with van der Waals surface area (Å²) in [5.41, 5.74) is 4.35. The summed E-state index contributed by atoms with van der Waals surface area (Å²) in [5, 5.41) is 11.4. The van der Waals surface area contributed by atoms with Gasteiger partial charge in [-0.25, -0.2) is 4.79 Å². The van der Waals surface area contributed by atoms with Gasteiger partial charge in [0.25, 0.3) is 5.91 Å². The van der Waals surface area contributed by atoms with Crippen molar-refractivity contribution in [2.45, 2.75) is 62.3 Å². The molecule has 62 heavy (non-hydrogen) atoms. The number of carbonyl (C=O) groups is 6. The number of carbonyl (C=O) groups excluding carboxylic acids is 6. The highest BCUT2D eigenvalue weighted by molar-refractivity contribution is 6.08. The zero-order valence-electron chi connectivity index (χ0n) is 34.4. The fourth-order valence-corrected chi connectivity index (χ4v) is 8.14. The number of nitrogens with zero attached hydrogens (tertiary/aromatic N) is 1. The normalized spacial score (nSPS) is 16.9. The molecule has 0 radical (unpaired) electrons. The maximum atomic E-state index is 14.6. The average Bonchev–Trinajstić information content (AvgIpc) is 3.31. The van der Waals surface area contributed by atoms with E-state index < -0.39 is 53.8 Å². The lowest BCUT2D eigenvalue weighted by atomic mass is 9.83. The first kappa shape index (κ1) is 42.8. The summed E-state index contributed by atoms with van der Waals surface area (Å²) >= 11 is 0. The second-order valence-electron chi connectivity index (χ2n) is 15.4. The van der Waals surface area contributed by atoms with Gasteiger partial charge < -0.3 is 30.9 Å². The minimum absolute atomic E-state index is 0.0438. The highest BCUT2D eigenvalue weighted by Gasteiger charge is 2.38. The van der Waals surface area contributed by atoms with Gasteiger partial charge in [-0.1, -0.05) is 140 Å². The Morgan fingerprint density at radius 1 is 0.597 bits per heavy atom. The van der Waals surface area contributed by atoms with E-state index in [-0.39, 0.29) is 24.8 Å². The molecule has 0 aliphatic carbocycles. The van der Waals surface area contributed by atoms with Crippen molar-refractivity contribution in [1.29, 1.82) is 0 Å². The van der Waals surface area contributed by atoms with Crippen LogP contribution in [0.5, 0.6) is 0 Å². The molecule has 7 rings (SSSR count). The van der Waals surface area contributed by atoms with E-state index in [0.29, 0.717) is 40.8 Å². The summed E-state index contributed by atoms with van der Waals surface area (Å²) in [4.78, 5) is 85.6. The fourth-order valence-electron chi connectivity index (χ4n) is 8.14. The summed E-state index contributed by atoms with van der Waals surface area (Å²) in [6, 6.07) is 37.8. The maximum absolute atomic E-state index is 14.6. The molecule has 0 aromatic heterocycles. The van der Waals surface area contributed by atoms with E-state index in [1.54, 1.807) is 72.8 Å². The van der Waals surface area contributed by atoms with Gasteiger partial charge >= 0.3 is 5.97 Å². The van der Waals surface area contributed by atoms with E-state index in [4.69, 9.17) is 4.74 Å². The Morgan fingerprint density at radius 3 is 1.65 bits per heavy atom. The van der Waals surface area contributed by atoms with Crippen LogP contribution in [-0.2, 0) is 41.6 Å². The first-order chi connectivity index (χ1) is 30.2. The van der Waals surface area contributed by atoms with Gasteiger partial charge in [-0.3, -0.25) is 24.0 Å². The van der Waals surface area contributed by atoms with Crippen LogP contribution in [0.2, 0.25) is 0 Å². The van der Waals surface area contributed by atoms with Crippen molar-refractivity contribution in [3.8, 4) is 0 Å². The van der Waals surface area contributed by atoms with Crippen LogP contribution >= 0.6 is 0 Å². The number of rotatable bonds is 15. The van der Waals surface area contributed by atoms with Crippen molar-refractivity contribution in [2.24, 2.45) is 0 Å². The molecule has 0 unspecified atom stereocenters. The number of hydrogen-bond donors (Lipinski definition) is 4. The maximum Gasteiger partial charge on any atom is 0.328 e. The zero-order valence-corrected chi connectivity index (χ0v) is 34.4.